The van der Waals surface area contributed by atoms with Gasteiger partial charge >= 0.3 is 0 Å². The van der Waals surface area contributed by atoms with Crippen LogP contribution < -0.4 is 5.32 Å². The Morgan fingerprint density at radius 3 is 2.94 bits per heavy atom. The van der Waals surface area contributed by atoms with E-state index in [1.807, 2.05) is 20.0 Å². The van der Waals surface area contributed by atoms with Crippen molar-refractivity contribution < 1.29 is 9.50 Å². The molecule has 1 unspecified atom stereocenters. The lowest BCUT2D eigenvalue weighted by Gasteiger charge is -2.12. The summed E-state index contributed by atoms with van der Waals surface area (Å²) in [4.78, 5) is 5.45. The summed E-state index contributed by atoms with van der Waals surface area (Å²) in [6.45, 7) is 4.41. The zero-order valence-electron chi connectivity index (χ0n) is 10.3. The fraction of sp³-hybridized carbons (Fsp3) is 0.308. The predicted octanol–water partition coefficient (Wildman–Crippen LogP) is 3.15. The fourth-order valence-electron chi connectivity index (χ4n) is 1.63. The van der Waals surface area contributed by atoms with Crippen molar-refractivity contribution in [2.24, 2.45) is 0 Å². The molecule has 96 valence electrons. The molecule has 1 atom stereocenters. The molecule has 2 rings (SSSR count). The Morgan fingerprint density at radius 1 is 1.50 bits per heavy atom. The van der Waals surface area contributed by atoms with E-state index in [-0.39, 0.29) is 11.8 Å². The van der Waals surface area contributed by atoms with Crippen LogP contribution in [-0.2, 0) is 6.54 Å². The summed E-state index contributed by atoms with van der Waals surface area (Å²) in [5, 5.41) is 13.8. The Labute approximate surface area is 109 Å². The maximum atomic E-state index is 13.1. The second-order valence-electron chi connectivity index (χ2n) is 4.16. The van der Waals surface area contributed by atoms with Crippen molar-refractivity contribution in [2.75, 3.05) is 0 Å². The summed E-state index contributed by atoms with van der Waals surface area (Å²) in [5.74, 6) is -0.875. The molecule has 0 aliphatic rings. The number of phenolic OH excluding ortho intramolecular Hbond substituents is 1. The summed E-state index contributed by atoms with van der Waals surface area (Å²) in [6.07, 6.45) is 1.83. The summed E-state index contributed by atoms with van der Waals surface area (Å²) in [7, 11) is 0. The van der Waals surface area contributed by atoms with Crippen LogP contribution in [0.1, 0.15) is 28.4 Å². The number of aryl methyl sites for hydroxylation is 1. The molecular weight excluding hydrogens is 251 g/mol. The summed E-state index contributed by atoms with van der Waals surface area (Å²) < 4.78 is 13.1. The van der Waals surface area contributed by atoms with Gasteiger partial charge in [-0.3, -0.25) is 0 Å². The summed E-state index contributed by atoms with van der Waals surface area (Å²) in [5.41, 5.74) is 0.551. The first kappa shape index (κ1) is 13.0. The smallest absolute Gasteiger partial charge is 0.165 e. The van der Waals surface area contributed by atoms with Crippen molar-refractivity contribution in [3.8, 4) is 5.75 Å². The highest BCUT2D eigenvalue weighted by Crippen LogP contribution is 2.23. The number of para-hydroxylation sites is 1. The average molecular weight is 266 g/mol. The van der Waals surface area contributed by atoms with Gasteiger partial charge in [0.25, 0.3) is 0 Å². The largest absolute Gasteiger partial charge is 0.505 e. The van der Waals surface area contributed by atoms with E-state index in [1.54, 1.807) is 23.5 Å². The minimum atomic E-state index is -0.591. The molecule has 0 aliphatic carbocycles. The molecule has 3 nitrogen and oxygen atoms in total. The van der Waals surface area contributed by atoms with Gasteiger partial charge < -0.3 is 10.4 Å². The molecule has 0 bridgehead atoms. The Morgan fingerprint density at radius 2 is 2.28 bits per heavy atom. The maximum Gasteiger partial charge on any atom is 0.165 e. The SMILES string of the molecule is Cc1cnc(C(C)NCc2cccc(F)c2O)s1. The van der Waals surface area contributed by atoms with Crippen molar-refractivity contribution in [3.05, 3.63) is 45.7 Å². The molecule has 0 saturated carbocycles. The molecule has 1 heterocycles. The van der Waals surface area contributed by atoms with Gasteiger partial charge in [-0.25, -0.2) is 9.37 Å². The van der Waals surface area contributed by atoms with E-state index in [2.05, 4.69) is 10.3 Å². The molecule has 0 saturated heterocycles. The molecule has 18 heavy (non-hydrogen) atoms. The van der Waals surface area contributed by atoms with Gasteiger partial charge in [0, 0.05) is 23.2 Å². The van der Waals surface area contributed by atoms with Crippen molar-refractivity contribution in [1.82, 2.24) is 10.3 Å². The quantitative estimate of drug-likeness (QED) is 0.893. The van der Waals surface area contributed by atoms with Crippen molar-refractivity contribution >= 4 is 11.3 Å². The van der Waals surface area contributed by atoms with Crippen molar-refractivity contribution in [3.63, 3.8) is 0 Å². The fourth-order valence-corrected chi connectivity index (χ4v) is 2.43. The molecule has 1 aromatic carbocycles. The van der Waals surface area contributed by atoms with Crippen LogP contribution >= 0.6 is 11.3 Å². The van der Waals surface area contributed by atoms with E-state index < -0.39 is 5.82 Å². The lowest BCUT2D eigenvalue weighted by molar-refractivity contribution is 0.420. The lowest BCUT2D eigenvalue weighted by Crippen LogP contribution is -2.18. The number of thiazole rings is 1. The van der Waals surface area contributed by atoms with Gasteiger partial charge in [0.05, 0.1) is 6.04 Å². The minimum absolute atomic E-state index is 0.0753. The number of aromatic nitrogens is 1. The molecule has 5 heteroatoms. The van der Waals surface area contributed by atoms with E-state index in [9.17, 15) is 9.50 Å². The first-order valence-electron chi connectivity index (χ1n) is 5.70. The van der Waals surface area contributed by atoms with Crippen molar-refractivity contribution in [2.45, 2.75) is 26.4 Å². The number of hydrogen-bond donors (Lipinski definition) is 2. The number of aromatic hydroxyl groups is 1. The number of rotatable bonds is 4. The molecule has 0 amide bonds. The molecule has 0 aliphatic heterocycles. The van der Waals surface area contributed by atoms with E-state index in [0.717, 1.165) is 9.88 Å². The van der Waals surface area contributed by atoms with Crippen LogP contribution in [0.15, 0.2) is 24.4 Å². The molecule has 2 N–H and O–H groups in total. The molecular formula is C13H15FN2OS. The van der Waals surface area contributed by atoms with Gasteiger partial charge in [0.1, 0.15) is 5.01 Å². The van der Waals surface area contributed by atoms with Gasteiger partial charge in [-0.1, -0.05) is 12.1 Å². The third-order valence-electron chi connectivity index (χ3n) is 2.68. The zero-order valence-corrected chi connectivity index (χ0v) is 11.1. The van der Waals surface area contributed by atoms with Gasteiger partial charge in [-0.05, 0) is 19.9 Å². The highest BCUT2D eigenvalue weighted by atomic mass is 32.1. The monoisotopic (exact) mass is 266 g/mol. The highest BCUT2D eigenvalue weighted by Gasteiger charge is 2.11. The van der Waals surface area contributed by atoms with E-state index in [1.165, 1.54) is 6.07 Å². The van der Waals surface area contributed by atoms with Gasteiger partial charge in [-0.15, -0.1) is 11.3 Å². The maximum absolute atomic E-state index is 13.1. The van der Waals surface area contributed by atoms with Crippen LogP contribution in [0.5, 0.6) is 5.75 Å². The molecule has 0 fully saturated rings. The second-order valence-corrected chi connectivity index (χ2v) is 5.43. The number of benzene rings is 1. The Bertz CT molecular complexity index is 542. The van der Waals surface area contributed by atoms with Crippen LogP contribution in [0.3, 0.4) is 0 Å². The first-order chi connectivity index (χ1) is 8.58. The van der Waals surface area contributed by atoms with Crippen LogP contribution in [-0.4, -0.2) is 10.1 Å². The van der Waals surface area contributed by atoms with E-state index in [4.69, 9.17) is 0 Å². The number of phenols is 1. The minimum Gasteiger partial charge on any atom is -0.505 e. The summed E-state index contributed by atoms with van der Waals surface area (Å²) >= 11 is 1.63. The third kappa shape index (κ3) is 2.86. The van der Waals surface area contributed by atoms with Gasteiger partial charge in [-0.2, -0.15) is 0 Å². The average Bonchev–Trinajstić information content (AvgIpc) is 2.77. The van der Waals surface area contributed by atoms with E-state index >= 15 is 0 Å². The normalized spacial score (nSPS) is 12.6. The van der Waals surface area contributed by atoms with Crippen LogP contribution in [0.2, 0.25) is 0 Å². The van der Waals surface area contributed by atoms with Gasteiger partial charge in [0.2, 0.25) is 0 Å². The topological polar surface area (TPSA) is 45.2 Å². The number of nitrogens with zero attached hydrogens (tertiary/aromatic N) is 1. The van der Waals surface area contributed by atoms with E-state index in [0.29, 0.717) is 12.1 Å². The predicted molar refractivity (Wildman–Crippen MR) is 70.2 cm³/mol. The standard InChI is InChI=1S/C13H15FN2OS/c1-8-6-16-13(18-8)9(2)15-7-10-4-3-5-11(14)12(10)17/h3-6,9,15,17H,7H2,1-2H3. The van der Waals surface area contributed by atoms with Crippen LogP contribution in [0.25, 0.3) is 0 Å². The Kier molecular flexibility index (Phi) is 3.93. The third-order valence-corrected chi connectivity index (χ3v) is 3.77. The molecule has 0 radical (unpaired) electrons. The first-order valence-corrected chi connectivity index (χ1v) is 6.51. The molecule has 0 spiro atoms. The van der Waals surface area contributed by atoms with Crippen LogP contribution in [0.4, 0.5) is 4.39 Å². The van der Waals surface area contributed by atoms with Crippen molar-refractivity contribution in [1.29, 1.82) is 0 Å². The highest BCUT2D eigenvalue weighted by molar-refractivity contribution is 7.11. The lowest BCUT2D eigenvalue weighted by atomic mass is 10.2. The van der Waals surface area contributed by atoms with Gasteiger partial charge in [0.15, 0.2) is 11.6 Å². The molecule has 2 aromatic rings. The second kappa shape index (κ2) is 5.46. The number of halogens is 1. The zero-order chi connectivity index (χ0) is 13.1. The molecule has 1 aromatic heterocycles. The number of nitrogens with one attached hydrogen (secondary N) is 1. The summed E-state index contributed by atoms with van der Waals surface area (Å²) in [6, 6.07) is 4.61. The Balaban J connectivity index is 2.01. The van der Waals surface area contributed by atoms with Crippen LogP contribution in [0, 0.1) is 12.7 Å². The number of hydrogen-bond acceptors (Lipinski definition) is 4. The Hall–Kier alpha value is -1.46.